The van der Waals surface area contributed by atoms with E-state index >= 15 is 0 Å². The van der Waals surface area contributed by atoms with Crippen LogP contribution in [0.5, 0.6) is 0 Å². The molecular weight excluding hydrogens is 200 g/mol. The molecule has 0 bridgehead atoms. The van der Waals surface area contributed by atoms with Gasteiger partial charge in [0.1, 0.15) is 0 Å². The molecule has 0 unspecified atom stereocenters. The molecule has 2 nitrogen and oxygen atoms in total. The van der Waals surface area contributed by atoms with Crippen LogP contribution in [0.15, 0.2) is 23.3 Å². The number of hydrogen-bond acceptors (Lipinski definition) is 2. The molecule has 2 heteroatoms. The van der Waals surface area contributed by atoms with Gasteiger partial charge in [0.15, 0.2) is 5.78 Å². The summed E-state index contributed by atoms with van der Waals surface area (Å²) in [5.74, 6) is 0.855. The van der Waals surface area contributed by atoms with Gasteiger partial charge in [-0.15, -0.1) is 0 Å². The standard InChI is InChI=1S/C14H20O2/c1-8(2)10-4-5-11-12(6-10)9(3)13(15)7-14(11)16/h10-11,14,16H,1,4-7H2,2-3H3/t10-,11-,14-/m1/s1. The van der Waals surface area contributed by atoms with E-state index in [2.05, 4.69) is 13.5 Å². The normalized spacial score (nSPS) is 34.9. The van der Waals surface area contributed by atoms with E-state index in [1.165, 1.54) is 11.1 Å². The molecular formula is C14H20O2. The van der Waals surface area contributed by atoms with Crippen LogP contribution in [0.1, 0.15) is 39.5 Å². The Morgan fingerprint density at radius 3 is 2.69 bits per heavy atom. The SMILES string of the molecule is C=C(C)[C@@H]1CC[C@@H]2C(=C(C)C(=O)C[C@H]2O)C1. The number of allylic oxidation sites excluding steroid dienone is 2. The van der Waals surface area contributed by atoms with Gasteiger partial charge in [-0.25, -0.2) is 0 Å². The van der Waals surface area contributed by atoms with Crippen molar-refractivity contribution in [2.75, 3.05) is 0 Å². The minimum Gasteiger partial charge on any atom is -0.392 e. The van der Waals surface area contributed by atoms with E-state index in [-0.39, 0.29) is 11.7 Å². The Hall–Kier alpha value is -0.890. The van der Waals surface area contributed by atoms with Crippen LogP contribution in [0, 0.1) is 11.8 Å². The molecule has 1 fully saturated rings. The molecule has 2 aliphatic carbocycles. The van der Waals surface area contributed by atoms with Gasteiger partial charge in [0, 0.05) is 12.3 Å². The second kappa shape index (κ2) is 4.17. The molecule has 0 radical (unpaired) electrons. The fraction of sp³-hybridized carbons (Fsp3) is 0.643. The van der Waals surface area contributed by atoms with Crippen molar-refractivity contribution in [3.8, 4) is 0 Å². The van der Waals surface area contributed by atoms with E-state index in [0.717, 1.165) is 24.8 Å². The third-order valence-electron chi connectivity index (χ3n) is 4.20. The van der Waals surface area contributed by atoms with Crippen LogP contribution in [0.3, 0.4) is 0 Å². The van der Waals surface area contributed by atoms with E-state index < -0.39 is 6.10 Å². The summed E-state index contributed by atoms with van der Waals surface area (Å²) in [6.45, 7) is 7.98. The molecule has 0 amide bonds. The lowest BCUT2D eigenvalue weighted by Crippen LogP contribution is -2.35. The number of hydrogen-bond donors (Lipinski definition) is 1. The Kier molecular flexibility index (Phi) is 3.02. The number of Topliss-reactive ketones (excluding diaryl/α,β-unsaturated/α-hetero) is 1. The first kappa shape index (κ1) is 11.6. The van der Waals surface area contributed by atoms with Gasteiger partial charge in [0.2, 0.25) is 0 Å². The fourth-order valence-electron chi connectivity index (χ4n) is 3.01. The summed E-state index contributed by atoms with van der Waals surface area (Å²) >= 11 is 0. The average molecular weight is 220 g/mol. The lowest BCUT2D eigenvalue weighted by Gasteiger charge is -2.38. The monoisotopic (exact) mass is 220 g/mol. The van der Waals surface area contributed by atoms with Crippen molar-refractivity contribution < 1.29 is 9.90 Å². The van der Waals surface area contributed by atoms with Crippen molar-refractivity contribution in [1.82, 2.24) is 0 Å². The molecule has 0 aromatic carbocycles. The highest BCUT2D eigenvalue weighted by molar-refractivity contribution is 5.97. The zero-order chi connectivity index (χ0) is 11.9. The molecule has 2 rings (SSSR count). The molecule has 1 N–H and O–H groups in total. The van der Waals surface area contributed by atoms with Gasteiger partial charge in [-0.2, -0.15) is 0 Å². The van der Waals surface area contributed by atoms with E-state index in [1.54, 1.807) is 0 Å². The van der Waals surface area contributed by atoms with Crippen LogP contribution in [0.25, 0.3) is 0 Å². The van der Waals surface area contributed by atoms with Crippen LogP contribution in [0.4, 0.5) is 0 Å². The molecule has 0 heterocycles. The van der Waals surface area contributed by atoms with E-state index in [4.69, 9.17) is 0 Å². The second-order valence-electron chi connectivity index (χ2n) is 5.28. The highest BCUT2D eigenvalue weighted by atomic mass is 16.3. The summed E-state index contributed by atoms with van der Waals surface area (Å²) in [6.07, 6.45) is 2.89. The summed E-state index contributed by atoms with van der Waals surface area (Å²) in [7, 11) is 0. The number of rotatable bonds is 1. The smallest absolute Gasteiger partial charge is 0.161 e. The van der Waals surface area contributed by atoms with Gasteiger partial charge in [0.25, 0.3) is 0 Å². The third kappa shape index (κ3) is 1.86. The molecule has 2 aliphatic rings. The number of carbonyl (C=O) groups is 1. The molecule has 1 saturated carbocycles. The Bertz CT molecular complexity index is 365. The van der Waals surface area contributed by atoms with Crippen LogP contribution in [-0.4, -0.2) is 17.0 Å². The zero-order valence-corrected chi connectivity index (χ0v) is 10.1. The summed E-state index contributed by atoms with van der Waals surface area (Å²) in [5.41, 5.74) is 3.30. The van der Waals surface area contributed by atoms with Crippen LogP contribution < -0.4 is 0 Å². The first-order chi connectivity index (χ1) is 7.50. The van der Waals surface area contributed by atoms with Gasteiger partial charge in [-0.1, -0.05) is 17.7 Å². The van der Waals surface area contributed by atoms with Gasteiger partial charge in [0.05, 0.1) is 6.10 Å². The summed E-state index contributed by atoms with van der Waals surface area (Å²) in [5, 5.41) is 9.94. The quantitative estimate of drug-likeness (QED) is 0.690. The molecule has 88 valence electrons. The first-order valence-electron chi connectivity index (χ1n) is 6.07. The van der Waals surface area contributed by atoms with E-state index in [0.29, 0.717) is 12.3 Å². The zero-order valence-electron chi connectivity index (χ0n) is 10.1. The largest absolute Gasteiger partial charge is 0.392 e. The molecule has 0 aromatic heterocycles. The first-order valence-corrected chi connectivity index (χ1v) is 6.07. The van der Waals surface area contributed by atoms with Crippen molar-refractivity contribution in [2.45, 2.75) is 45.6 Å². The lowest BCUT2D eigenvalue weighted by atomic mass is 9.68. The minimum atomic E-state index is -0.447. The second-order valence-corrected chi connectivity index (χ2v) is 5.28. The number of ketones is 1. The molecule has 3 atom stereocenters. The number of fused-ring (bicyclic) bond motifs is 1. The lowest BCUT2D eigenvalue weighted by molar-refractivity contribution is -0.119. The van der Waals surface area contributed by atoms with Crippen molar-refractivity contribution in [3.05, 3.63) is 23.3 Å². The van der Waals surface area contributed by atoms with E-state index in [9.17, 15) is 9.90 Å². The summed E-state index contributed by atoms with van der Waals surface area (Å²) < 4.78 is 0. The Morgan fingerprint density at radius 1 is 1.38 bits per heavy atom. The van der Waals surface area contributed by atoms with E-state index in [1.807, 2.05) is 6.92 Å². The van der Waals surface area contributed by atoms with Crippen LogP contribution >= 0.6 is 0 Å². The minimum absolute atomic E-state index is 0.126. The predicted molar refractivity (Wildman–Crippen MR) is 64.0 cm³/mol. The van der Waals surface area contributed by atoms with Gasteiger partial charge < -0.3 is 5.11 Å². The highest BCUT2D eigenvalue weighted by Gasteiger charge is 2.37. The Balaban J connectivity index is 2.29. The maximum atomic E-state index is 11.7. The molecule has 16 heavy (non-hydrogen) atoms. The number of carbonyl (C=O) groups excluding carboxylic acids is 1. The molecule has 0 aromatic rings. The van der Waals surface area contributed by atoms with Crippen molar-refractivity contribution in [3.63, 3.8) is 0 Å². The van der Waals surface area contributed by atoms with Crippen LogP contribution in [0.2, 0.25) is 0 Å². The third-order valence-corrected chi connectivity index (χ3v) is 4.20. The van der Waals surface area contributed by atoms with Crippen LogP contribution in [-0.2, 0) is 4.79 Å². The summed E-state index contributed by atoms with van der Waals surface area (Å²) in [6, 6.07) is 0. The molecule has 0 saturated heterocycles. The fourth-order valence-corrected chi connectivity index (χ4v) is 3.01. The van der Waals surface area contributed by atoms with Crippen molar-refractivity contribution in [1.29, 1.82) is 0 Å². The van der Waals surface area contributed by atoms with Gasteiger partial charge in [-0.3, -0.25) is 4.79 Å². The average Bonchev–Trinajstić information content (AvgIpc) is 2.25. The number of aliphatic hydroxyl groups excluding tert-OH is 1. The maximum Gasteiger partial charge on any atom is 0.161 e. The van der Waals surface area contributed by atoms with Gasteiger partial charge >= 0.3 is 0 Å². The topological polar surface area (TPSA) is 37.3 Å². The molecule has 0 aliphatic heterocycles. The van der Waals surface area contributed by atoms with Crippen molar-refractivity contribution in [2.24, 2.45) is 11.8 Å². The maximum absolute atomic E-state index is 11.7. The van der Waals surface area contributed by atoms with Crippen molar-refractivity contribution >= 4 is 5.78 Å². The molecule has 0 spiro atoms. The number of aliphatic hydroxyl groups is 1. The predicted octanol–water partition coefficient (Wildman–Crippen LogP) is 2.63. The highest BCUT2D eigenvalue weighted by Crippen LogP contribution is 2.42. The summed E-state index contributed by atoms with van der Waals surface area (Å²) in [4.78, 5) is 11.7. The van der Waals surface area contributed by atoms with Gasteiger partial charge in [-0.05, 0) is 44.6 Å². The Labute approximate surface area is 97.0 Å². The Morgan fingerprint density at radius 2 is 2.06 bits per heavy atom.